The molecule has 0 spiro atoms. The van der Waals surface area contributed by atoms with Gasteiger partial charge in [-0.2, -0.15) is 0 Å². The van der Waals surface area contributed by atoms with Crippen molar-refractivity contribution in [3.63, 3.8) is 0 Å². The molecular weight excluding hydrogens is 226 g/mol. The van der Waals surface area contributed by atoms with E-state index >= 15 is 0 Å². The Balaban J connectivity index is 2.87. The van der Waals surface area contributed by atoms with E-state index in [2.05, 4.69) is 4.98 Å². The molecule has 0 bridgehead atoms. The zero-order valence-electron chi connectivity index (χ0n) is 8.85. The van der Waals surface area contributed by atoms with E-state index < -0.39 is 23.0 Å². The first kappa shape index (κ1) is 11.0. The van der Waals surface area contributed by atoms with Crippen molar-refractivity contribution in [2.45, 2.75) is 0 Å². The highest BCUT2D eigenvalue weighted by atomic mass is 16.5. The lowest BCUT2D eigenvalue weighted by Crippen LogP contribution is -2.13. The number of methoxy groups -OCH3 is 1. The van der Waals surface area contributed by atoms with Gasteiger partial charge in [-0.15, -0.1) is 0 Å². The number of aromatic amines is 1. The maximum atomic E-state index is 11.6. The fourth-order valence-corrected chi connectivity index (χ4v) is 1.57. The summed E-state index contributed by atoms with van der Waals surface area (Å²) in [7, 11) is 1.45. The number of aromatic nitrogens is 1. The lowest BCUT2D eigenvalue weighted by molar-refractivity contribution is 0.0687. The topological polar surface area (TPSA) is 99.6 Å². The van der Waals surface area contributed by atoms with Crippen molar-refractivity contribution in [2.24, 2.45) is 0 Å². The normalized spacial score (nSPS) is 10.4. The monoisotopic (exact) mass is 235 g/mol. The fourth-order valence-electron chi connectivity index (χ4n) is 1.57. The Kier molecular flexibility index (Phi) is 2.47. The number of ether oxygens (including phenoxy) is 1. The lowest BCUT2D eigenvalue weighted by atomic mass is 10.1. The minimum Gasteiger partial charge on any atom is -0.505 e. The van der Waals surface area contributed by atoms with E-state index in [1.807, 2.05) is 0 Å². The Hall–Kier alpha value is -2.50. The molecule has 0 aliphatic heterocycles. The average molecular weight is 235 g/mol. The van der Waals surface area contributed by atoms with Crippen molar-refractivity contribution >= 4 is 16.7 Å². The summed E-state index contributed by atoms with van der Waals surface area (Å²) in [5.41, 5.74) is -1.11. The number of benzene rings is 1. The Morgan fingerprint density at radius 2 is 2.06 bits per heavy atom. The van der Waals surface area contributed by atoms with Gasteiger partial charge in [-0.1, -0.05) is 0 Å². The van der Waals surface area contributed by atoms with Gasteiger partial charge in [0.2, 0.25) is 0 Å². The average Bonchev–Trinajstić information content (AvgIpc) is 2.32. The highest BCUT2D eigenvalue weighted by Crippen LogP contribution is 2.27. The molecular formula is C11H9NO5. The predicted molar refractivity (Wildman–Crippen MR) is 59.7 cm³/mol. The summed E-state index contributed by atoms with van der Waals surface area (Å²) in [6, 6.07) is 4.40. The number of fused-ring (bicyclic) bond motifs is 1. The maximum absolute atomic E-state index is 11.6. The van der Waals surface area contributed by atoms with Crippen LogP contribution < -0.4 is 10.3 Å². The number of aromatic carboxylic acids is 1. The van der Waals surface area contributed by atoms with Gasteiger partial charge in [0.05, 0.1) is 12.5 Å². The number of hydrogen-bond donors (Lipinski definition) is 3. The van der Waals surface area contributed by atoms with Crippen LogP contribution in [0.2, 0.25) is 0 Å². The van der Waals surface area contributed by atoms with Crippen molar-refractivity contribution in [1.82, 2.24) is 4.98 Å². The molecule has 17 heavy (non-hydrogen) atoms. The van der Waals surface area contributed by atoms with Gasteiger partial charge in [0.15, 0.2) is 11.4 Å². The Morgan fingerprint density at radius 3 is 2.65 bits per heavy atom. The molecule has 0 aliphatic carbocycles. The van der Waals surface area contributed by atoms with Gasteiger partial charge in [0.25, 0.3) is 5.56 Å². The summed E-state index contributed by atoms with van der Waals surface area (Å²) in [4.78, 5) is 24.5. The number of carboxylic acid groups (broad SMARTS) is 1. The van der Waals surface area contributed by atoms with E-state index in [4.69, 9.17) is 9.84 Å². The molecule has 0 atom stereocenters. The van der Waals surface area contributed by atoms with Gasteiger partial charge in [-0.3, -0.25) is 4.79 Å². The Labute approximate surface area is 95.1 Å². The number of pyridine rings is 1. The first-order chi connectivity index (χ1) is 8.04. The van der Waals surface area contributed by atoms with Crippen molar-refractivity contribution in [3.05, 3.63) is 34.2 Å². The van der Waals surface area contributed by atoms with Gasteiger partial charge in [-0.25, -0.2) is 4.79 Å². The van der Waals surface area contributed by atoms with Gasteiger partial charge in [0, 0.05) is 5.39 Å². The van der Waals surface area contributed by atoms with Crippen LogP contribution in [0.3, 0.4) is 0 Å². The zero-order chi connectivity index (χ0) is 12.6. The molecule has 1 aromatic heterocycles. The minimum absolute atomic E-state index is 0.173. The van der Waals surface area contributed by atoms with Crippen LogP contribution in [0.15, 0.2) is 23.0 Å². The number of carboxylic acids is 1. The summed E-state index contributed by atoms with van der Waals surface area (Å²) in [6.07, 6.45) is 0. The van der Waals surface area contributed by atoms with E-state index in [1.165, 1.54) is 25.3 Å². The summed E-state index contributed by atoms with van der Waals surface area (Å²) in [6.45, 7) is 0. The number of H-pyrrole nitrogens is 1. The molecule has 3 N–H and O–H groups in total. The second-order valence-electron chi connectivity index (χ2n) is 3.39. The molecule has 0 unspecified atom stereocenters. The van der Waals surface area contributed by atoms with E-state index in [0.29, 0.717) is 5.75 Å². The summed E-state index contributed by atoms with van der Waals surface area (Å²) < 4.78 is 4.94. The van der Waals surface area contributed by atoms with E-state index in [9.17, 15) is 14.7 Å². The molecule has 6 heteroatoms. The standard InChI is InChI=1S/C11H9NO5/c1-17-5-2-3-6-7(4-5)10(14)12-8(9(6)13)11(15)16/h2-4,13H,1H3,(H,12,14)(H,15,16). The van der Waals surface area contributed by atoms with Gasteiger partial charge < -0.3 is 19.9 Å². The molecule has 2 rings (SSSR count). The molecule has 0 aliphatic rings. The van der Waals surface area contributed by atoms with Crippen LogP contribution in [-0.2, 0) is 0 Å². The summed E-state index contributed by atoms with van der Waals surface area (Å²) >= 11 is 0. The van der Waals surface area contributed by atoms with Crippen LogP contribution >= 0.6 is 0 Å². The molecule has 6 nitrogen and oxygen atoms in total. The van der Waals surface area contributed by atoms with E-state index in [1.54, 1.807) is 0 Å². The number of carbonyl (C=O) groups is 1. The van der Waals surface area contributed by atoms with Crippen LogP contribution in [0.5, 0.6) is 11.5 Å². The molecule has 0 amide bonds. The largest absolute Gasteiger partial charge is 0.505 e. The SMILES string of the molecule is COc1ccc2c(O)c(C(=O)O)[nH]c(=O)c2c1. The van der Waals surface area contributed by atoms with E-state index in [0.717, 1.165) is 0 Å². The Morgan fingerprint density at radius 1 is 1.35 bits per heavy atom. The predicted octanol–water partition coefficient (Wildman–Crippen LogP) is 0.940. The lowest BCUT2D eigenvalue weighted by Gasteiger charge is -2.05. The highest BCUT2D eigenvalue weighted by molar-refractivity contribution is 5.98. The molecule has 0 radical (unpaired) electrons. The zero-order valence-corrected chi connectivity index (χ0v) is 8.85. The molecule has 0 saturated carbocycles. The second-order valence-corrected chi connectivity index (χ2v) is 3.39. The quantitative estimate of drug-likeness (QED) is 0.719. The van der Waals surface area contributed by atoms with Crippen LogP contribution in [0.25, 0.3) is 10.8 Å². The van der Waals surface area contributed by atoms with Crippen molar-refractivity contribution in [3.8, 4) is 11.5 Å². The van der Waals surface area contributed by atoms with Crippen LogP contribution in [0.4, 0.5) is 0 Å². The third-order valence-corrected chi connectivity index (χ3v) is 2.42. The number of aromatic hydroxyl groups is 1. The van der Waals surface area contributed by atoms with Gasteiger partial charge in [-0.05, 0) is 18.2 Å². The number of rotatable bonds is 2. The summed E-state index contributed by atoms with van der Waals surface area (Å²) in [5, 5.41) is 18.9. The highest BCUT2D eigenvalue weighted by Gasteiger charge is 2.16. The van der Waals surface area contributed by atoms with Crippen LogP contribution in [0.1, 0.15) is 10.5 Å². The minimum atomic E-state index is -1.39. The third kappa shape index (κ3) is 1.69. The van der Waals surface area contributed by atoms with Crippen molar-refractivity contribution < 1.29 is 19.7 Å². The third-order valence-electron chi connectivity index (χ3n) is 2.42. The number of nitrogens with one attached hydrogen (secondary N) is 1. The summed E-state index contributed by atoms with van der Waals surface area (Å²) in [5.74, 6) is -1.41. The first-order valence-electron chi connectivity index (χ1n) is 4.71. The molecule has 1 aromatic carbocycles. The van der Waals surface area contributed by atoms with E-state index in [-0.39, 0.29) is 10.8 Å². The molecule has 2 aromatic rings. The molecule has 88 valence electrons. The fraction of sp³-hybridized carbons (Fsp3) is 0.0909. The molecule has 1 heterocycles. The molecule has 0 saturated heterocycles. The van der Waals surface area contributed by atoms with Gasteiger partial charge in [0.1, 0.15) is 5.75 Å². The first-order valence-corrected chi connectivity index (χ1v) is 4.71. The van der Waals surface area contributed by atoms with Crippen LogP contribution in [0, 0.1) is 0 Å². The van der Waals surface area contributed by atoms with Crippen LogP contribution in [-0.4, -0.2) is 28.3 Å². The van der Waals surface area contributed by atoms with Crippen molar-refractivity contribution in [1.29, 1.82) is 0 Å². The second kappa shape index (κ2) is 3.82. The van der Waals surface area contributed by atoms with Gasteiger partial charge >= 0.3 is 5.97 Å². The smallest absolute Gasteiger partial charge is 0.356 e. The molecule has 0 fully saturated rings. The maximum Gasteiger partial charge on any atom is 0.356 e. The Bertz CT molecular complexity index is 659. The van der Waals surface area contributed by atoms with Crippen molar-refractivity contribution in [2.75, 3.05) is 7.11 Å². The number of hydrogen-bond acceptors (Lipinski definition) is 4.